The van der Waals surface area contributed by atoms with Gasteiger partial charge in [-0.25, -0.2) is 0 Å². The van der Waals surface area contributed by atoms with E-state index in [2.05, 4.69) is 35.8 Å². The molecule has 0 bridgehead atoms. The van der Waals surface area contributed by atoms with E-state index in [4.69, 9.17) is 4.74 Å². The molecular formula is C19H31Br2N3O2. The van der Waals surface area contributed by atoms with E-state index in [1.54, 1.807) is 0 Å². The van der Waals surface area contributed by atoms with Crippen molar-refractivity contribution in [3.8, 4) is 0 Å². The second-order valence-electron chi connectivity index (χ2n) is 7.01. The number of piperazine rings is 1. The summed E-state index contributed by atoms with van der Waals surface area (Å²) >= 11 is 0. The minimum Gasteiger partial charge on any atom is -0.379 e. The fourth-order valence-corrected chi connectivity index (χ4v) is 3.39. The third-order valence-corrected chi connectivity index (χ3v) is 5.04. The zero-order valence-electron chi connectivity index (χ0n) is 15.7. The molecule has 0 aliphatic carbocycles. The summed E-state index contributed by atoms with van der Waals surface area (Å²) in [6, 6.07) is 8.70. The summed E-state index contributed by atoms with van der Waals surface area (Å²) in [5.41, 5.74) is 2.07. The maximum Gasteiger partial charge on any atom is 0.253 e. The molecule has 2 heterocycles. The molecule has 26 heavy (non-hydrogen) atoms. The highest BCUT2D eigenvalue weighted by Gasteiger charge is 2.23. The molecule has 2 aliphatic heterocycles. The number of hydrogen-bond acceptors (Lipinski definition) is 4. The van der Waals surface area contributed by atoms with Gasteiger partial charge in [-0.2, -0.15) is 0 Å². The van der Waals surface area contributed by atoms with Crippen LogP contribution in [-0.4, -0.2) is 79.1 Å². The van der Waals surface area contributed by atoms with E-state index >= 15 is 0 Å². The van der Waals surface area contributed by atoms with E-state index in [-0.39, 0.29) is 39.9 Å². The quantitative estimate of drug-likeness (QED) is 0.647. The van der Waals surface area contributed by atoms with Crippen LogP contribution < -0.4 is 0 Å². The summed E-state index contributed by atoms with van der Waals surface area (Å²) in [5.74, 6) is 0.163. The number of nitrogens with zero attached hydrogens (tertiary/aromatic N) is 3. The number of rotatable bonds is 4. The Balaban J connectivity index is 0.00000169. The van der Waals surface area contributed by atoms with Crippen molar-refractivity contribution >= 4 is 39.9 Å². The Hall–Kier alpha value is -0.470. The molecule has 5 nitrogen and oxygen atoms in total. The van der Waals surface area contributed by atoms with Crippen LogP contribution in [-0.2, 0) is 11.3 Å². The van der Waals surface area contributed by atoms with Crippen LogP contribution in [0.4, 0.5) is 0 Å². The molecule has 0 N–H and O–H groups in total. The number of hydrogen-bond donors (Lipinski definition) is 0. The topological polar surface area (TPSA) is 36.0 Å². The van der Waals surface area contributed by atoms with Crippen molar-refractivity contribution in [3.63, 3.8) is 0 Å². The van der Waals surface area contributed by atoms with Crippen molar-refractivity contribution in [2.45, 2.75) is 26.4 Å². The lowest BCUT2D eigenvalue weighted by Crippen LogP contribution is -2.50. The molecular weight excluding hydrogens is 462 g/mol. The van der Waals surface area contributed by atoms with E-state index in [0.717, 1.165) is 64.6 Å². The molecule has 1 amide bonds. The summed E-state index contributed by atoms with van der Waals surface area (Å²) in [6.07, 6.45) is 0. The van der Waals surface area contributed by atoms with Crippen molar-refractivity contribution in [1.82, 2.24) is 14.7 Å². The minimum absolute atomic E-state index is 0. The van der Waals surface area contributed by atoms with Gasteiger partial charge in [-0.3, -0.25) is 14.6 Å². The van der Waals surface area contributed by atoms with Gasteiger partial charge in [0.2, 0.25) is 0 Å². The van der Waals surface area contributed by atoms with Crippen LogP contribution in [0.5, 0.6) is 0 Å². The summed E-state index contributed by atoms with van der Waals surface area (Å²) < 4.78 is 5.38. The molecule has 2 aliphatic rings. The second-order valence-corrected chi connectivity index (χ2v) is 7.01. The van der Waals surface area contributed by atoms with Crippen LogP contribution in [0.3, 0.4) is 0 Å². The van der Waals surface area contributed by atoms with Crippen molar-refractivity contribution in [2.75, 3.05) is 52.5 Å². The lowest BCUT2D eigenvalue weighted by Gasteiger charge is -2.37. The Morgan fingerprint density at radius 2 is 1.54 bits per heavy atom. The van der Waals surface area contributed by atoms with Gasteiger partial charge in [0, 0.05) is 57.4 Å². The molecule has 2 fully saturated rings. The highest BCUT2D eigenvalue weighted by atomic mass is 79.9. The van der Waals surface area contributed by atoms with Gasteiger partial charge < -0.3 is 9.64 Å². The van der Waals surface area contributed by atoms with Crippen LogP contribution in [0.25, 0.3) is 0 Å². The molecule has 0 atom stereocenters. The smallest absolute Gasteiger partial charge is 0.253 e. The van der Waals surface area contributed by atoms with Crippen molar-refractivity contribution < 1.29 is 9.53 Å². The predicted molar refractivity (Wildman–Crippen MR) is 116 cm³/mol. The predicted octanol–water partition coefficient (Wildman–Crippen LogP) is 2.84. The SMILES string of the molecule is Br.Br.CC(C)N1CCN(C(=O)c2ccc(CN3CCOCC3)cc2)CC1. The highest BCUT2D eigenvalue weighted by Crippen LogP contribution is 2.13. The standard InChI is InChI=1S/C19H29N3O2.2BrH/c1-16(2)21-7-9-22(10-8-21)19(23)18-5-3-17(4-6-18)15-20-11-13-24-14-12-20;;/h3-6,16H,7-15H2,1-2H3;2*1H. The number of carbonyl (C=O) groups is 1. The molecule has 148 valence electrons. The summed E-state index contributed by atoms with van der Waals surface area (Å²) in [7, 11) is 0. The van der Waals surface area contributed by atoms with Gasteiger partial charge in [0.15, 0.2) is 0 Å². The van der Waals surface area contributed by atoms with E-state index < -0.39 is 0 Å². The van der Waals surface area contributed by atoms with Gasteiger partial charge in [-0.1, -0.05) is 12.1 Å². The molecule has 7 heteroatoms. The molecule has 0 radical (unpaired) electrons. The Bertz CT molecular complexity index is 540. The number of morpholine rings is 1. The Kier molecular flexibility index (Phi) is 10.3. The first-order valence-electron chi connectivity index (χ1n) is 9.06. The van der Waals surface area contributed by atoms with Crippen LogP contribution in [0, 0.1) is 0 Å². The van der Waals surface area contributed by atoms with Gasteiger partial charge >= 0.3 is 0 Å². The molecule has 0 saturated carbocycles. The zero-order valence-corrected chi connectivity index (χ0v) is 19.2. The molecule has 0 unspecified atom stereocenters. The number of benzene rings is 1. The lowest BCUT2D eigenvalue weighted by molar-refractivity contribution is 0.0342. The number of carbonyl (C=O) groups excluding carboxylic acids is 1. The van der Waals surface area contributed by atoms with Gasteiger partial charge in [0.05, 0.1) is 13.2 Å². The number of amides is 1. The lowest BCUT2D eigenvalue weighted by atomic mass is 10.1. The van der Waals surface area contributed by atoms with Gasteiger partial charge in [0.1, 0.15) is 0 Å². The van der Waals surface area contributed by atoms with Crippen LogP contribution in [0.2, 0.25) is 0 Å². The molecule has 0 aromatic heterocycles. The summed E-state index contributed by atoms with van der Waals surface area (Å²) in [4.78, 5) is 19.5. The maximum absolute atomic E-state index is 12.7. The number of ether oxygens (including phenoxy) is 1. The molecule has 3 rings (SSSR count). The van der Waals surface area contributed by atoms with Gasteiger partial charge in [-0.05, 0) is 31.5 Å². The van der Waals surface area contributed by atoms with Crippen LogP contribution in [0.15, 0.2) is 24.3 Å². The molecule has 1 aromatic rings. The fourth-order valence-electron chi connectivity index (χ4n) is 3.39. The van der Waals surface area contributed by atoms with E-state index in [1.165, 1.54) is 5.56 Å². The molecule has 2 saturated heterocycles. The Morgan fingerprint density at radius 3 is 2.08 bits per heavy atom. The molecule has 0 spiro atoms. The third kappa shape index (κ3) is 6.30. The van der Waals surface area contributed by atoms with Crippen molar-refractivity contribution in [1.29, 1.82) is 0 Å². The van der Waals surface area contributed by atoms with E-state index in [1.807, 2.05) is 17.0 Å². The summed E-state index contributed by atoms with van der Waals surface area (Å²) in [5, 5.41) is 0. The van der Waals surface area contributed by atoms with E-state index in [0.29, 0.717) is 6.04 Å². The first-order chi connectivity index (χ1) is 11.6. The van der Waals surface area contributed by atoms with Gasteiger partial charge in [-0.15, -0.1) is 34.0 Å². The normalized spacial score (nSPS) is 19.0. The summed E-state index contributed by atoms with van der Waals surface area (Å²) in [6.45, 7) is 12.6. The first-order valence-corrected chi connectivity index (χ1v) is 9.06. The van der Waals surface area contributed by atoms with Crippen LogP contribution in [0.1, 0.15) is 29.8 Å². The Morgan fingerprint density at radius 1 is 0.962 bits per heavy atom. The van der Waals surface area contributed by atoms with E-state index in [9.17, 15) is 4.79 Å². The number of halogens is 2. The fraction of sp³-hybridized carbons (Fsp3) is 0.632. The third-order valence-electron chi connectivity index (χ3n) is 5.04. The van der Waals surface area contributed by atoms with Crippen molar-refractivity contribution in [3.05, 3.63) is 35.4 Å². The zero-order chi connectivity index (χ0) is 16.9. The van der Waals surface area contributed by atoms with Crippen molar-refractivity contribution in [2.24, 2.45) is 0 Å². The Labute approximate surface area is 178 Å². The van der Waals surface area contributed by atoms with Gasteiger partial charge in [0.25, 0.3) is 5.91 Å². The minimum atomic E-state index is 0. The monoisotopic (exact) mass is 491 g/mol. The second kappa shape index (κ2) is 11.4. The first kappa shape index (κ1) is 23.6. The van der Waals surface area contributed by atoms with Crippen LogP contribution >= 0.6 is 34.0 Å². The average molecular weight is 493 g/mol. The average Bonchev–Trinajstić information content (AvgIpc) is 2.63. The highest BCUT2D eigenvalue weighted by molar-refractivity contribution is 8.93. The largest absolute Gasteiger partial charge is 0.379 e. The molecule has 1 aromatic carbocycles. The maximum atomic E-state index is 12.7.